The van der Waals surface area contributed by atoms with Crippen molar-refractivity contribution in [2.24, 2.45) is 5.92 Å². The van der Waals surface area contributed by atoms with Crippen LogP contribution in [0.2, 0.25) is 0 Å². The lowest BCUT2D eigenvalue weighted by atomic mass is 10.2. The van der Waals surface area contributed by atoms with Gasteiger partial charge in [-0.25, -0.2) is 18.9 Å². The summed E-state index contributed by atoms with van der Waals surface area (Å²) in [7, 11) is 4.26. The minimum atomic E-state index is -0.733. The number of nitrogens with zero attached hydrogens (tertiary/aromatic N) is 3. The van der Waals surface area contributed by atoms with Gasteiger partial charge in [0, 0.05) is 13.2 Å². The van der Waals surface area contributed by atoms with E-state index in [9.17, 15) is 14.0 Å². The molecule has 2 N–H and O–H groups in total. The molecular weight excluding hydrogens is 397 g/mol. The predicted molar refractivity (Wildman–Crippen MR) is 104 cm³/mol. The van der Waals surface area contributed by atoms with E-state index in [1.54, 1.807) is 7.11 Å². The summed E-state index contributed by atoms with van der Waals surface area (Å²) in [5.74, 6) is 0.319. The van der Waals surface area contributed by atoms with Crippen LogP contribution in [0.3, 0.4) is 0 Å². The van der Waals surface area contributed by atoms with E-state index in [1.807, 2.05) is 0 Å². The van der Waals surface area contributed by atoms with Crippen molar-refractivity contribution >= 4 is 0 Å². The molecule has 3 aromatic rings. The Labute approximate surface area is 169 Å². The average Bonchev–Trinajstić information content (AvgIpc) is 3.46. The fraction of sp³-hybridized carbons (Fsp3) is 0.368. The van der Waals surface area contributed by atoms with Crippen LogP contribution in [0.4, 0.5) is 4.39 Å². The SMILES string of the molecule is COc1cc(F)ccc1-n1nc(C(OC)C2CC2)nc1-c1[nH]c(=O)[nH]c(=O)c1OC. The maximum absolute atomic E-state index is 13.7. The minimum Gasteiger partial charge on any atom is -0.494 e. The minimum absolute atomic E-state index is 0.0297. The van der Waals surface area contributed by atoms with Gasteiger partial charge in [-0.3, -0.25) is 9.78 Å². The number of methoxy groups -OCH3 is 3. The number of H-pyrrole nitrogens is 2. The lowest BCUT2D eigenvalue weighted by Crippen LogP contribution is -2.25. The number of aromatic nitrogens is 5. The molecule has 1 aliphatic rings. The third kappa shape index (κ3) is 3.47. The number of rotatable bonds is 7. The topological polar surface area (TPSA) is 124 Å². The van der Waals surface area contributed by atoms with Crippen LogP contribution in [0.25, 0.3) is 17.2 Å². The van der Waals surface area contributed by atoms with E-state index in [1.165, 1.54) is 37.1 Å². The zero-order valence-corrected chi connectivity index (χ0v) is 16.6. The van der Waals surface area contributed by atoms with E-state index in [0.717, 1.165) is 12.8 Å². The summed E-state index contributed by atoms with van der Waals surface area (Å²) in [5.41, 5.74) is -1.06. The molecule has 1 fully saturated rings. The zero-order valence-electron chi connectivity index (χ0n) is 16.6. The molecule has 1 aromatic carbocycles. The van der Waals surface area contributed by atoms with Gasteiger partial charge in [-0.05, 0) is 30.9 Å². The van der Waals surface area contributed by atoms with Gasteiger partial charge in [0.1, 0.15) is 29.1 Å². The summed E-state index contributed by atoms with van der Waals surface area (Å²) in [5, 5.41) is 4.55. The second-order valence-corrected chi connectivity index (χ2v) is 6.83. The molecule has 2 aromatic heterocycles. The highest BCUT2D eigenvalue weighted by molar-refractivity contribution is 5.62. The molecule has 1 saturated carbocycles. The molecule has 2 heterocycles. The fourth-order valence-electron chi connectivity index (χ4n) is 3.34. The van der Waals surface area contributed by atoms with Crippen LogP contribution in [-0.2, 0) is 4.74 Å². The van der Waals surface area contributed by atoms with Crippen LogP contribution in [0.1, 0.15) is 24.8 Å². The molecule has 1 aliphatic carbocycles. The van der Waals surface area contributed by atoms with Crippen molar-refractivity contribution in [2.45, 2.75) is 18.9 Å². The zero-order chi connectivity index (χ0) is 21.4. The Hall–Kier alpha value is -3.47. The van der Waals surface area contributed by atoms with Gasteiger partial charge in [0.05, 0.1) is 14.2 Å². The van der Waals surface area contributed by atoms with Gasteiger partial charge in [-0.2, -0.15) is 0 Å². The molecule has 158 valence electrons. The van der Waals surface area contributed by atoms with Crippen molar-refractivity contribution in [1.29, 1.82) is 0 Å². The third-order valence-corrected chi connectivity index (χ3v) is 4.88. The van der Waals surface area contributed by atoms with Gasteiger partial charge in [0.2, 0.25) is 5.75 Å². The van der Waals surface area contributed by atoms with E-state index < -0.39 is 17.1 Å². The summed E-state index contributed by atoms with van der Waals surface area (Å²) in [6, 6.07) is 3.91. The summed E-state index contributed by atoms with van der Waals surface area (Å²) in [6.45, 7) is 0. The molecule has 11 heteroatoms. The van der Waals surface area contributed by atoms with Crippen LogP contribution in [-0.4, -0.2) is 46.1 Å². The third-order valence-electron chi connectivity index (χ3n) is 4.88. The van der Waals surface area contributed by atoms with Crippen molar-refractivity contribution < 1.29 is 18.6 Å². The molecule has 1 unspecified atom stereocenters. The maximum Gasteiger partial charge on any atom is 0.326 e. The lowest BCUT2D eigenvalue weighted by molar-refractivity contribution is 0.0773. The van der Waals surface area contributed by atoms with Crippen molar-refractivity contribution in [1.82, 2.24) is 24.7 Å². The molecule has 0 spiro atoms. The first-order chi connectivity index (χ1) is 14.5. The summed E-state index contributed by atoms with van der Waals surface area (Å²) in [6.07, 6.45) is 1.59. The van der Waals surface area contributed by atoms with Crippen LogP contribution in [0.5, 0.6) is 11.5 Å². The first kappa shape index (κ1) is 19.8. The Morgan fingerprint density at radius 2 is 1.93 bits per heavy atom. The van der Waals surface area contributed by atoms with E-state index in [4.69, 9.17) is 14.2 Å². The molecule has 4 rings (SSSR count). The van der Waals surface area contributed by atoms with Gasteiger partial charge in [-0.1, -0.05) is 0 Å². The van der Waals surface area contributed by atoms with Crippen molar-refractivity contribution in [2.75, 3.05) is 21.3 Å². The Bertz CT molecular complexity index is 1200. The quantitative estimate of drug-likeness (QED) is 0.598. The van der Waals surface area contributed by atoms with Gasteiger partial charge >= 0.3 is 5.69 Å². The van der Waals surface area contributed by atoms with Gasteiger partial charge in [0.25, 0.3) is 5.56 Å². The molecule has 0 aliphatic heterocycles. The number of aromatic amines is 2. The summed E-state index contributed by atoms with van der Waals surface area (Å²) >= 11 is 0. The normalized spacial score (nSPS) is 14.5. The largest absolute Gasteiger partial charge is 0.494 e. The Morgan fingerprint density at radius 1 is 1.17 bits per heavy atom. The van der Waals surface area contributed by atoms with Crippen LogP contribution >= 0.6 is 0 Å². The highest BCUT2D eigenvalue weighted by atomic mass is 19.1. The summed E-state index contributed by atoms with van der Waals surface area (Å²) < 4.78 is 31.2. The first-order valence-corrected chi connectivity index (χ1v) is 9.21. The Kier molecular flexibility index (Phi) is 5.12. The van der Waals surface area contributed by atoms with Gasteiger partial charge in [0.15, 0.2) is 11.6 Å². The first-order valence-electron chi connectivity index (χ1n) is 9.21. The predicted octanol–water partition coefficient (Wildman–Crippen LogP) is 1.56. The molecule has 0 bridgehead atoms. The number of ether oxygens (including phenoxy) is 3. The van der Waals surface area contributed by atoms with Gasteiger partial charge in [-0.15, -0.1) is 5.10 Å². The number of halogens is 1. The highest BCUT2D eigenvalue weighted by Crippen LogP contribution is 2.43. The highest BCUT2D eigenvalue weighted by Gasteiger charge is 2.36. The van der Waals surface area contributed by atoms with Crippen LogP contribution < -0.4 is 20.7 Å². The molecule has 0 amide bonds. The molecular formula is C19H20FN5O5. The molecule has 10 nitrogen and oxygen atoms in total. The maximum atomic E-state index is 13.7. The number of hydrogen-bond donors (Lipinski definition) is 2. The fourth-order valence-corrected chi connectivity index (χ4v) is 3.34. The molecule has 0 radical (unpaired) electrons. The monoisotopic (exact) mass is 417 g/mol. The molecule has 0 saturated heterocycles. The Morgan fingerprint density at radius 3 is 2.57 bits per heavy atom. The van der Waals surface area contributed by atoms with E-state index in [-0.39, 0.29) is 35.0 Å². The van der Waals surface area contributed by atoms with Crippen LogP contribution in [0, 0.1) is 11.7 Å². The second kappa shape index (κ2) is 7.75. The number of benzene rings is 1. The van der Waals surface area contributed by atoms with Crippen molar-refractivity contribution in [3.05, 3.63) is 50.7 Å². The van der Waals surface area contributed by atoms with Crippen molar-refractivity contribution in [3.63, 3.8) is 0 Å². The second-order valence-electron chi connectivity index (χ2n) is 6.83. The van der Waals surface area contributed by atoms with E-state index >= 15 is 0 Å². The Balaban J connectivity index is 2.00. The lowest BCUT2D eigenvalue weighted by Gasteiger charge is -2.12. The van der Waals surface area contributed by atoms with Crippen molar-refractivity contribution in [3.8, 4) is 28.7 Å². The average molecular weight is 417 g/mol. The van der Waals surface area contributed by atoms with Crippen LogP contribution in [0.15, 0.2) is 27.8 Å². The standard InChI is InChI=1S/C19H20FN5O5/c1-28-12-8-10(20)6-7-11(12)25-17(13-15(30-3)18(26)23-19(27)21-13)22-16(24-25)14(29-2)9-4-5-9/h6-9,14H,4-5H2,1-3H3,(H2,21,23,26,27). The molecule has 1 atom stereocenters. The number of hydrogen-bond acceptors (Lipinski definition) is 7. The van der Waals surface area contributed by atoms with E-state index in [2.05, 4.69) is 20.1 Å². The smallest absolute Gasteiger partial charge is 0.326 e. The van der Waals surface area contributed by atoms with E-state index in [0.29, 0.717) is 11.5 Å². The van der Waals surface area contributed by atoms with Gasteiger partial charge < -0.3 is 19.2 Å². The molecule has 30 heavy (non-hydrogen) atoms. The summed E-state index contributed by atoms with van der Waals surface area (Å²) in [4.78, 5) is 33.4. The number of nitrogens with one attached hydrogen (secondary N) is 2.